The minimum Gasteiger partial charge on any atom is -0.490 e. The molecular formula is C32H39ClN4O5S. The average molecular weight is 627 g/mol. The van der Waals surface area contributed by atoms with Crippen LogP contribution in [-0.4, -0.2) is 62.9 Å². The van der Waals surface area contributed by atoms with Crippen molar-refractivity contribution in [3.05, 3.63) is 77.1 Å². The van der Waals surface area contributed by atoms with E-state index in [9.17, 15) is 13.2 Å². The summed E-state index contributed by atoms with van der Waals surface area (Å²) < 4.78 is 39.2. The summed E-state index contributed by atoms with van der Waals surface area (Å²) in [5.41, 5.74) is 8.22. The van der Waals surface area contributed by atoms with E-state index in [1.807, 2.05) is 42.4 Å². The molecule has 0 spiro atoms. The third-order valence-corrected chi connectivity index (χ3v) is 9.96. The quantitative estimate of drug-likeness (QED) is 0.207. The molecule has 0 unspecified atom stereocenters. The average Bonchev–Trinajstić information content (AvgIpc) is 3.93. The first-order valence-corrected chi connectivity index (χ1v) is 16.8. The zero-order chi connectivity index (χ0) is 30.5. The number of aromatic nitrogens is 1. The first-order valence-electron chi connectivity index (χ1n) is 14.7. The van der Waals surface area contributed by atoms with Gasteiger partial charge in [-0.3, -0.25) is 4.98 Å². The van der Waals surface area contributed by atoms with Crippen molar-refractivity contribution in [2.24, 2.45) is 5.73 Å². The largest absolute Gasteiger partial charge is 0.490 e. The zero-order valence-corrected chi connectivity index (χ0v) is 26.0. The number of urea groups is 1. The Hall–Kier alpha value is -3.18. The number of rotatable bonds is 16. The molecule has 3 aromatic rings. The maximum absolute atomic E-state index is 13.2. The molecule has 0 aliphatic heterocycles. The molecule has 2 aliphatic carbocycles. The van der Waals surface area contributed by atoms with Gasteiger partial charge in [-0.05, 0) is 93.6 Å². The number of sulfone groups is 1. The third kappa shape index (κ3) is 8.26. The highest BCUT2D eigenvalue weighted by atomic mass is 35.5. The summed E-state index contributed by atoms with van der Waals surface area (Å²) in [7, 11) is -1.65. The van der Waals surface area contributed by atoms with Crippen molar-refractivity contribution >= 4 is 27.5 Å². The Labute approximate surface area is 258 Å². The lowest BCUT2D eigenvalue weighted by Gasteiger charge is -2.22. The molecule has 43 heavy (non-hydrogen) atoms. The summed E-state index contributed by atoms with van der Waals surface area (Å²) in [5.74, 6) is 0.843. The molecule has 2 fully saturated rings. The molecular weight excluding hydrogens is 588 g/mol. The monoisotopic (exact) mass is 626 g/mol. The summed E-state index contributed by atoms with van der Waals surface area (Å²) in [6, 6.07) is 14.3. The maximum Gasteiger partial charge on any atom is 0.312 e. The van der Waals surface area contributed by atoms with Crippen LogP contribution in [0.4, 0.5) is 4.79 Å². The van der Waals surface area contributed by atoms with E-state index in [-0.39, 0.29) is 23.4 Å². The summed E-state index contributed by atoms with van der Waals surface area (Å²) in [6.07, 6.45) is 9.33. The summed E-state index contributed by atoms with van der Waals surface area (Å²) in [5, 5.41) is 3.02. The topological polar surface area (TPSA) is 124 Å². The summed E-state index contributed by atoms with van der Waals surface area (Å²) in [6.45, 7) is 1.78. The van der Waals surface area contributed by atoms with Gasteiger partial charge in [0.15, 0.2) is 9.84 Å². The minimum absolute atomic E-state index is 0.0176. The number of hydrogen-bond donors (Lipinski definition) is 2. The number of primary amides is 1. The van der Waals surface area contributed by atoms with Crippen molar-refractivity contribution in [1.29, 1.82) is 0 Å². The van der Waals surface area contributed by atoms with Crippen LogP contribution in [0.15, 0.2) is 65.8 Å². The molecule has 2 amide bonds. The Kier molecular flexibility index (Phi) is 9.91. The number of benzene rings is 2. The van der Waals surface area contributed by atoms with Gasteiger partial charge >= 0.3 is 6.03 Å². The molecule has 11 heteroatoms. The van der Waals surface area contributed by atoms with E-state index in [4.69, 9.17) is 26.8 Å². The number of pyridine rings is 1. The van der Waals surface area contributed by atoms with Crippen LogP contribution in [-0.2, 0) is 26.8 Å². The van der Waals surface area contributed by atoms with Gasteiger partial charge in [0, 0.05) is 41.6 Å². The summed E-state index contributed by atoms with van der Waals surface area (Å²) >= 11 is 6.53. The second kappa shape index (κ2) is 13.6. The Morgan fingerprint density at radius 2 is 1.91 bits per heavy atom. The van der Waals surface area contributed by atoms with Gasteiger partial charge in [0.25, 0.3) is 0 Å². The zero-order valence-electron chi connectivity index (χ0n) is 24.4. The fraction of sp³-hybridized carbons (Fsp3) is 0.438. The Bertz CT molecular complexity index is 1540. The van der Waals surface area contributed by atoms with E-state index in [0.717, 1.165) is 61.0 Å². The molecule has 1 aromatic heterocycles. The number of amides is 2. The van der Waals surface area contributed by atoms with E-state index in [1.54, 1.807) is 24.4 Å². The van der Waals surface area contributed by atoms with E-state index in [1.165, 1.54) is 0 Å². The van der Waals surface area contributed by atoms with Crippen LogP contribution in [0.2, 0.25) is 5.02 Å². The lowest BCUT2D eigenvalue weighted by Crippen LogP contribution is -2.31. The van der Waals surface area contributed by atoms with Gasteiger partial charge in [0.1, 0.15) is 5.75 Å². The number of unbranched alkanes of at least 4 members (excludes halogenated alkanes) is 1. The predicted octanol–water partition coefficient (Wildman–Crippen LogP) is 5.30. The minimum atomic E-state index is -3.54. The van der Waals surface area contributed by atoms with Crippen LogP contribution in [0.5, 0.6) is 5.75 Å². The van der Waals surface area contributed by atoms with E-state index in [2.05, 4.69) is 16.4 Å². The number of hydrogen-bond acceptors (Lipinski definition) is 7. The Morgan fingerprint density at radius 1 is 1.12 bits per heavy atom. The first kappa shape index (κ1) is 31.3. The third-order valence-electron chi connectivity index (χ3n) is 7.90. The van der Waals surface area contributed by atoms with Gasteiger partial charge < -0.3 is 25.4 Å². The van der Waals surface area contributed by atoms with Gasteiger partial charge in [-0.15, -0.1) is 0 Å². The molecule has 0 radical (unpaired) electrons. The number of carbonyl (C=O) groups is 1. The number of nitrogens with two attached hydrogens (primary N) is 1. The highest BCUT2D eigenvalue weighted by Gasteiger charge is 2.48. The molecule has 230 valence electrons. The van der Waals surface area contributed by atoms with E-state index in [0.29, 0.717) is 30.2 Å². The Balaban J connectivity index is 1.24. The second-order valence-corrected chi connectivity index (χ2v) is 13.9. The van der Waals surface area contributed by atoms with Crippen LogP contribution in [0, 0.1) is 0 Å². The van der Waals surface area contributed by atoms with Gasteiger partial charge in [0.05, 0.1) is 29.0 Å². The molecule has 1 heterocycles. The molecule has 2 aromatic carbocycles. The van der Waals surface area contributed by atoms with Crippen LogP contribution in [0.3, 0.4) is 0 Å². The Morgan fingerprint density at radius 3 is 2.65 bits per heavy atom. The molecule has 0 bridgehead atoms. The number of halogens is 1. The van der Waals surface area contributed by atoms with Crippen molar-refractivity contribution in [2.75, 3.05) is 32.4 Å². The fourth-order valence-corrected chi connectivity index (χ4v) is 6.61. The molecule has 2 saturated carbocycles. The van der Waals surface area contributed by atoms with Gasteiger partial charge in [0.2, 0.25) is 0 Å². The van der Waals surface area contributed by atoms with Crippen LogP contribution < -0.4 is 15.8 Å². The van der Waals surface area contributed by atoms with Crippen LogP contribution >= 0.6 is 11.6 Å². The second-order valence-electron chi connectivity index (χ2n) is 11.4. The van der Waals surface area contributed by atoms with Crippen LogP contribution in [0.1, 0.15) is 49.7 Å². The normalized spacial score (nSPS) is 15.8. The standard InChI is InChI=1S/C32H39ClN4O5S/c1-37(17-5-4-15-36-31(34)38)18-19-43(39,40)25-10-11-29(33)23(20-25)22-41-32(13-14-32)28-21-35-16-12-26(28)27-6-2-3-7-30(27)42-24-8-9-24/h2-3,6-7,10-12,16,20-21,24H,4-5,8-9,13-15,17-19,22H2,1H3,(H3,34,36,38). The van der Waals surface area contributed by atoms with E-state index >= 15 is 0 Å². The molecule has 0 atom stereocenters. The van der Waals surface area contributed by atoms with Crippen molar-refractivity contribution in [1.82, 2.24) is 15.2 Å². The van der Waals surface area contributed by atoms with E-state index < -0.39 is 21.5 Å². The van der Waals surface area contributed by atoms with Crippen LogP contribution in [0.25, 0.3) is 11.1 Å². The SMILES string of the molecule is CN(CCCCNC(N)=O)CCS(=O)(=O)c1ccc(Cl)c(COC2(c3cnccc3-c3ccccc3OC3CC3)CC2)c1. The smallest absolute Gasteiger partial charge is 0.312 e. The van der Waals surface area contributed by atoms with Gasteiger partial charge in [-0.25, -0.2) is 13.2 Å². The lowest BCUT2D eigenvalue weighted by atomic mass is 9.96. The van der Waals surface area contributed by atoms with Gasteiger partial charge in [-0.1, -0.05) is 29.8 Å². The number of nitrogens with zero attached hydrogens (tertiary/aromatic N) is 2. The number of carbonyl (C=O) groups excluding carboxylic acids is 1. The highest BCUT2D eigenvalue weighted by molar-refractivity contribution is 7.91. The van der Waals surface area contributed by atoms with Crippen molar-refractivity contribution in [3.8, 4) is 16.9 Å². The molecule has 3 N–H and O–H groups in total. The molecule has 0 saturated heterocycles. The first-order chi connectivity index (χ1) is 20.7. The highest BCUT2D eigenvalue weighted by Crippen LogP contribution is 2.53. The summed E-state index contributed by atoms with van der Waals surface area (Å²) in [4.78, 5) is 17.4. The van der Waals surface area contributed by atoms with Crippen molar-refractivity contribution in [2.45, 2.75) is 61.7 Å². The number of para-hydroxylation sites is 1. The number of ether oxygens (including phenoxy) is 2. The molecule has 2 aliphatic rings. The van der Waals surface area contributed by atoms with Gasteiger partial charge in [-0.2, -0.15) is 0 Å². The molecule has 9 nitrogen and oxygen atoms in total. The van der Waals surface area contributed by atoms with Crippen molar-refractivity contribution in [3.63, 3.8) is 0 Å². The number of nitrogens with one attached hydrogen (secondary N) is 1. The van der Waals surface area contributed by atoms with Crippen molar-refractivity contribution < 1.29 is 22.7 Å². The predicted molar refractivity (Wildman–Crippen MR) is 167 cm³/mol. The lowest BCUT2D eigenvalue weighted by molar-refractivity contribution is 0.0173. The maximum atomic E-state index is 13.2. The molecule has 5 rings (SSSR count). The fourth-order valence-electron chi connectivity index (χ4n) is 5.05.